The third-order valence-corrected chi connectivity index (χ3v) is 4.36. The first kappa shape index (κ1) is 14.2. The van der Waals surface area contributed by atoms with Gasteiger partial charge in [-0.1, -0.05) is 48.0 Å². The number of nitrogens with zero attached hydrogens (tertiary/aromatic N) is 4. The molecule has 4 rings (SSSR count). The van der Waals surface area contributed by atoms with Gasteiger partial charge in [0.15, 0.2) is 5.82 Å². The summed E-state index contributed by atoms with van der Waals surface area (Å²) in [5, 5.41) is 9.05. The highest BCUT2D eigenvalue weighted by Crippen LogP contribution is 2.34. The van der Waals surface area contributed by atoms with Gasteiger partial charge in [-0.05, 0) is 26.0 Å². The lowest BCUT2D eigenvalue weighted by Crippen LogP contribution is -2.19. The van der Waals surface area contributed by atoms with E-state index in [2.05, 4.69) is 22.3 Å². The van der Waals surface area contributed by atoms with E-state index >= 15 is 0 Å². The molecule has 0 fully saturated rings. The molecule has 0 N–H and O–H groups in total. The Kier molecular flexibility index (Phi) is 3.10. The zero-order chi connectivity index (χ0) is 16.0. The molecule has 2 heterocycles. The number of halogens is 1. The maximum atomic E-state index is 6.44. The first-order valence-electron chi connectivity index (χ1n) is 7.43. The van der Waals surface area contributed by atoms with Crippen molar-refractivity contribution >= 4 is 17.3 Å². The van der Waals surface area contributed by atoms with Gasteiger partial charge in [0.2, 0.25) is 0 Å². The van der Waals surface area contributed by atoms with Crippen LogP contribution < -0.4 is 0 Å². The third-order valence-electron chi connectivity index (χ3n) is 4.03. The van der Waals surface area contributed by atoms with E-state index in [4.69, 9.17) is 16.6 Å². The van der Waals surface area contributed by atoms with Crippen molar-refractivity contribution in [1.82, 2.24) is 14.8 Å². The van der Waals surface area contributed by atoms with Crippen molar-refractivity contribution in [2.75, 3.05) is 0 Å². The van der Waals surface area contributed by atoms with Crippen LogP contribution in [0.1, 0.15) is 30.8 Å². The summed E-state index contributed by atoms with van der Waals surface area (Å²) in [6, 6.07) is 15.9. The Bertz CT molecular complexity index is 924. The van der Waals surface area contributed by atoms with E-state index in [1.165, 1.54) is 0 Å². The Hall–Kier alpha value is -2.46. The molecule has 0 aliphatic carbocycles. The Labute approximate surface area is 139 Å². The standard InChI is InChI=1S/C18H15ClN4/c1-18(2)17-22-20-11-23(17)15-10-6-4-8-13(15)16(21-18)12-7-3-5-9-14(12)19/h3-11H,1-2H3. The minimum atomic E-state index is -0.510. The smallest absolute Gasteiger partial charge is 0.164 e. The molecule has 23 heavy (non-hydrogen) atoms. The summed E-state index contributed by atoms with van der Waals surface area (Å²) in [5.41, 5.74) is 3.32. The molecule has 0 atom stereocenters. The number of para-hydroxylation sites is 1. The minimum Gasteiger partial charge on any atom is -0.283 e. The summed E-state index contributed by atoms with van der Waals surface area (Å²) >= 11 is 6.44. The van der Waals surface area contributed by atoms with Gasteiger partial charge < -0.3 is 0 Å². The Morgan fingerprint density at radius 3 is 2.43 bits per heavy atom. The molecule has 1 aliphatic rings. The van der Waals surface area contributed by atoms with Crippen molar-refractivity contribution in [3.8, 4) is 5.69 Å². The summed E-state index contributed by atoms with van der Waals surface area (Å²) in [6.07, 6.45) is 1.74. The fraction of sp³-hybridized carbons (Fsp3) is 0.167. The second kappa shape index (κ2) is 5.03. The highest BCUT2D eigenvalue weighted by molar-refractivity contribution is 6.35. The lowest BCUT2D eigenvalue weighted by Gasteiger charge is -2.18. The van der Waals surface area contributed by atoms with E-state index in [1.807, 2.05) is 54.8 Å². The van der Waals surface area contributed by atoms with Crippen LogP contribution in [0.5, 0.6) is 0 Å². The summed E-state index contributed by atoms with van der Waals surface area (Å²) < 4.78 is 2.00. The van der Waals surface area contributed by atoms with Crippen LogP contribution in [0.25, 0.3) is 5.69 Å². The highest BCUT2D eigenvalue weighted by atomic mass is 35.5. The summed E-state index contributed by atoms with van der Waals surface area (Å²) in [5.74, 6) is 0.812. The second-order valence-corrected chi connectivity index (χ2v) is 6.45. The molecule has 2 aromatic carbocycles. The van der Waals surface area contributed by atoms with Crippen molar-refractivity contribution in [2.45, 2.75) is 19.4 Å². The van der Waals surface area contributed by atoms with Crippen LogP contribution in [-0.4, -0.2) is 20.5 Å². The average molecular weight is 323 g/mol. The van der Waals surface area contributed by atoms with Gasteiger partial charge in [0.1, 0.15) is 11.9 Å². The summed E-state index contributed by atoms with van der Waals surface area (Å²) in [7, 11) is 0. The molecule has 0 amide bonds. The fourth-order valence-corrected chi connectivity index (χ4v) is 3.19. The van der Waals surface area contributed by atoms with Gasteiger partial charge in [-0.2, -0.15) is 0 Å². The Morgan fingerprint density at radius 2 is 1.65 bits per heavy atom. The van der Waals surface area contributed by atoms with Gasteiger partial charge in [0.05, 0.1) is 11.4 Å². The van der Waals surface area contributed by atoms with Crippen molar-refractivity contribution in [3.05, 3.63) is 76.8 Å². The van der Waals surface area contributed by atoms with Gasteiger partial charge >= 0.3 is 0 Å². The normalized spacial score (nSPS) is 15.3. The topological polar surface area (TPSA) is 43.1 Å². The summed E-state index contributed by atoms with van der Waals surface area (Å²) in [6.45, 7) is 4.08. The SMILES string of the molecule is CC1(C)N=C(c2ccccc2Cl)c2ccccc2-n2cnnc21. The zero-order valence-corrected chi connectivity index (χ0v) is 13.6. The molecule has 0 bridgehead atoms. The Morgan fingerprint density at radius 1 is 0.957 bits per heavy atom. The largest absolute Gasteiger partial charge is 0.283 e. The number of rotatable bonds is 1. The number of hydrogen-bond acceptors (Lipinski definition) is 3. The maximum absolute atomic E-state index is 6.44. The lowest BCUT2D eigenvalue weighted by molar-refractivity contribution is 0.510. The molecule has 4 nitrogen and oxygen atoms in total. The number of hydrogen-bond donors (Lipinski definition) is 0. The zero-order valence-electron chi connectivity index (χ0n) is 12.9. The first-order valence-corrected chi connectivity index (χ1v) is 7.81. The maximum Gasteiger partial charge on any atom is 0.164 e. The molecule has 0 spiro atoms. The van der Waals surface area contributed by atoms with Crippen LogP contribution in [0.2, 0.25) is 5.02 Å². The van der Waals surface area contributed by atoms with E-state index in [0.29, 0.717) is 5.02 Å². The molecule has 0 saturated carbocycles. The lowest BCUT2D eigenvalue weighted by atomic mass is 9.99. The predicted molar refractivity (Wildman–Crippen MR) is 91.5 cm³/mol. The molecular weight excluding hydrogens is 308 g/mol. The van der Waals surface area contributed by atoms with Crippen molar-refractivity contribution < 1.29 is 0 Å². The van der Waals surface area contributed by atoms with Crippen LogP contribution in [0, 0.1) is 0 Å². The number of fused-ring (bicyclic) bond motifs is 3. The van der Waals surface area contributed by atoms with Crippen molar-refractivity contribution in [3.63, 3.8) is 0 Å². The van der Waals surface area contributed by atoms with E-state index < -0.39 is 5.54 Å². The Balaban J connectivity index is 2.08. The van der Waals surface area contributed by atoms with Gasteiger partial charge in [-0.3, -0.25) is 9.56 Å². The van der Waals surface area contributed by atoms with E-state index in [0.717, 1.165) is 28.4 Å². The van der Waals surface area contributed by atoms with Gasteiger partial charge in [-0.25, -0.2) is 0 Å². The van der Waals surface area contributed by atoms with Crippen molar-refractivity contribution in [2.24, 2.45) is 4.99 Å². The van der Waals surface area contributed by atoms with Crippen LogP contribution in [0.3, 0.4) is 0 Å². The number of benzene rings is 2. The van der Waals surface area contributed by atoms with Crippen LogP contribution >= 0.6 is 11.6 Å². The third kappa shape index (κ3) is 2.18. The summed E-state index contributed by atoms with van der Waals surface area (Å²) in [4.78, 5) is 5.00. The van der Waals surface area contributed by atoms with Crippen LogP contribution in [0.15, 0.2) is 59.9 Å². The molecule has 0 saturated heterocycles. The molecule has 3 aromatic rings. The minimum absolute atomic E-state index is 0.510. The average Bonchev–Trinajstić information content (AvgIpc) is 3.01. The molecule has 114 valence electrons. The van der Waals surface area contributed by atoms with E-state index in [9.17, 15) is 0 Å². The first-order chi connectivity index (χ1) is 11.1. The quantitative estimate of drug-likeness (QED) is 0.679. The fourth-order valence-electron chi connectivity index (χ4n) is 2.96. The second-order valence-electron chi connectivity index (χ2n) is 6.04. The van der Waals surface area contributed by atoms with Crippen LogP contribution in [-0.2, 0) is 5.54 Å². The molecule has 5 heteroatoms. The highest BCUT2D eigenvalue weighted by Gasteiger charge is 2.32. The van der Waals surface area contributed by atoms with Crippen LogP contribution in [0.4, 0.5) is 0 Å². The molecule has 0 unspecified atom stereocenters. The predicted octanol–water partition coefficient (Wildman–Crippen LogP) is 4.01. The number of aliphatic imine (C=N–C) groups is 1. The van der Waals surface area contributed by atoms with Gasteiger partial charge in [0.25, 0.3) is 0 Å². The van der Waals surface area contributed by atoms with Gasteiger partial charge in [-0.15, -0.1) is 10.2 Å². The van der Waals surface area contributed by atoms with Crippen molar-refractivity contribution in [1.29, 1.82) is 0 Å². The van der Waals surface area contributed by atoms with Gasteiger partial charge in [0, 0.05) is 16.1 Å². The molecular formula is C18H15ClN4. The monoisotopic (exact) mass is 322 g/mol. The molecule has 1 aliphatic heterocycles. The number of aromatic nitrogens is 3. The van der Waals surface area contributed by atoms with E-state index in [1.54, 1.807) is 6.33 Å². The molecule has 0 radical (unpaired) electrons. The van der Waals surface area contributed by atoms with E-state index in [-0.39, 0.29) is 0 Å². The molecule has 1 aromatic heterocycles.